The molecule has 5 heteroatoms. The van der Waals surface area contributed by atoms with Crippen molar-refractivity contribution in [1.29, 1.82) is 0 Å². The van der Waals surface area contributed by atoms with Crippen LogP contribution in [0.3, 0.4) is 0 Å². The van der Waals surface area contributed by atoms with Crippen LogP contribution >= 0.6 is 0 Å². The van der Waals surface area contributed by atoms with Crippen LogP contribution in [0.1, 0.15) is 13.3 Å². The molecule has 1 N–H and O–H groups in total. The smallest absolute Gasteiger partial charge is 0.377 e. The summed E-state index contributed by atoms with van der Waals surface area (Å²) < 4.78 is 40.4. The molecule has 1 rings (SSSR count). The highest BCUT2D eigenvalue weighted by molar-refractivity contribution is 4.75. The summed E-state index contributed by atoms with van der Waals surface area (Å²) >= 11 is 0. The minimum atomic E-state index is -4.12. The summed E-state index contributed by atoms with van der Waals surface area (Å²) in [6, 6.07) is 0. The molecule has 1 aliphatic rings. The van der Waals surface area contributed by atoms with Crippen LogP contribution in [0.15, 0.2) is 0 Å². The van der Waals surface area contributed by atoms with Gasteiger partial charge in [0.1, 0.15) is 0 Å². The van der Waals surface area contributed by atoms with Crippen LogP contribution in [0.2, 0.25) is 0 Å². The number of alkyl halides is 3. The number of rotatable bonds is 3. The first-order valence-electron chi connectivity index (χ1n) is 4.38. The van der Waals surface area contributed by atoms with E-state index in [1.807, 2.05) is 6.92 Å². The molecule has 0 spiro atoms. The van der Waals surface area contributed by atoms with Gasteiger partial charge >= 0.3 is 6.18 Å². The number of hydrogen-bond donors (Lipinski definition) is 1. The number of ether oxygens (including phenoxy) is 1. The quantitative estimate of drug-likeness (QED) is 0.741. The lowest BCUT2D eigenvalue weighted by Crippen LogP contribution is -2.36. The van der Waals surface area contributed by atoms with E-state index in [4.69, 9.17) is 4.74 Å². The summed E-state index contributed by atoms with van der Waals surface area (Å²) in [7, 11) is 0. The largest absolute Gasteiger partial charge is 0.401 e. The normalized spacial score (nSPS) is 29.5. The Balaban J connectivity index is 2.12. The second-order valence-electron chi connectivity index (χ2n) is 3.42. The van der Waals surface area contributed by atoms with Crippen LogP contribution in [-0.4, -0.2) is 32.0 Å². The van der Waals surface area contributed by atoms with Crippen LogP contribution in [0.5, 0.6) is 0 Å². The summed E-state index contributed by atoms with van der Waals surface area (Å²) in [4.78, 5) is 0. The fourth-order valence-electron chi connectivity index (χ4n) is 1.37. The first-order valence-corrected chi connectivity index (χ1v) is 4.38. The second-order valence-corrected chi connectivity index (χ2v) is 3.42. The maximum absolute atomic E-state index is 11.7. The van der Waals surface area contributed by atoms with Gasteiger partial charge in [-0.2, -0.15) is 13.2 Å². The lowest BCUT2D eigenvalue weighted by Gasteiger charge is -2.15. The van der Waals surface area contributed by atoms with Crippen molar-refractivity contribution in [3.05, 3.63) is 0 Å². The fraction of sp³-hybridized carbons (Fsp3) is 1.00. The average Bonchev–Trinajstić information content (AvgIpc) is 2.34. The second kappa shape index (κ2) is 4.28. The maximum Gasteiger partial charge on any atom is 0.401 e. The Labute approximate surface area is 75.4 Å². The van der Waals surface area contributed by atoms with Crippen molar-refractivity contribution in [2.24, 2.45) is 5.92 Å². The summed E-state index contributed by atoms with van der Waals surface area (Å²) in [5.41, 5.74) is 0. The monoisotopic (exact) mass is 197 g/mol. The number of halogens is 3. The van der Waals surface area contributed by atoms with Crippen molar-refractivity contribution < 1.29 is 17.9 Å². The zero-order chi connectivity index (χ0) is 9.90. The van der Waals surface area contributed by atoms with Crippen LogP contribution < -0.4 is 5.32 Å². The Morgan fingerprint density at radius 3 is 2.62 bits per heavy atom. The molecule has 2 nitrogen and oxygen atoms in total. The Morgan fingerprint density at radius 1 is 1.46 bits per heavy atom. The molecule has 0 aromatic heterocycles. The van der Waals surface area contributed by atoms with Crippen molar-refractivity contribution >= 4 is 0 Å². The molecule has 13 heavy (non-hydrogen) atoms. The van der Waals surface area contributed by atoms with Gasteiger partial charge in [-0.1, -0.05) is 6.92 Å². The predicted molar refractivity (Wildman–Crippen MR) is 42.4 cm³/mol. The fourth-order valence-corrected chi connectivity index (χ4v) is 1.37. The molecule has 0 amide bonds. The molecule has 0 aromatic rings. The van der Waals surface area contributed by atoms with E-state index in [2.05, 4.69) is 5.32 Å². The highest BCUT2D eigenvalue weighted by atomic mass is 19.4. The van der Waals surface area contributed by atoms with Crippen LogP contribution in [0.4, 0.5) is 13.2 Å². The van der Waals surface area contributed by atoms with Gasteiger partial charge in [0.25, 0.3) is 0 Å². The summed E-state index contributed by atoms with van der Waals surface area (Å²) in [6.07, 6.45) is -3.23. The third-order valence-corrected chi connectivity index (χ3v) is 2.21. The Hall–Kier alpha value is -0.290. The van der Waals surface area contributed by atoms with E-state index in [0.717, 1.165) is 6.42 Å². The van der Waals surface area contributed by atoms with E-state index in [1.165, 1.54) is 0 Å². The topological polar surface area (TPSA) is 21.3 Å². The molecule has 1 aliphatic heterocycles. The number of hydrogen-bond acceptors (Lipinski definition) is 2. The number of nitrogens with one attached hydrogen (secondary N) is 1. The van der Waals surface area contributed by atoms with Gasteiger partial charge in [-0.25, -0.2) is 0 Å². The molecule has 1 fully saturated rings. The van der Waals surface area contributed by atoms with Crippen molar-refractivity contribution in [3.8, 4) is 0 Å². The summed E-state index contributed by atoms with van der Waals surface area (Å²) in [5.74, 6) is 0.362. The van der Waals surface area contributed by atoms with Crippen LogP contribution in [0, 0.1) is 5.92 Å². The summed E-state index contributed by atoms with van der Waals surface area (Å²) in [6.45, 7) is 2.02. The highest BCUT2D eigenvalue weighted by Gasteiger charge is 2.29. The molecule has 1 saturated heterocycles. The zero-order valence-electron chi connectivity index (χ0n) is 7.53. The first-order chi connectivity index (χ1) is 5.99. The molecule has 0 aromatic carbocycles. The molecule has 0 radical (unpaired) electrons. The Kier molecular flexibility index (Phi) is 3.55. The Bertz CT molecular complexity index is 160. The predicted octanol–water partition coefficient (Wildman–Crippen LogP) is 1.56. The van der Waals surface area contributed by atoms with Gasteiger partial charge < -0.3 is 10.1 Å². The van der Waals surface area contributed by atoms with Crippen molar-refractivity contribution in [2.45, 2.75) is 25.6 Å². The maximum atomic E-state index is 11.7. The standard InChI is InChI=1S/C8H14F3NO/c1-6-2-3-13-7(6)4-12-5-8(9,10)11/h6-7,12H,2-5H2,1H3. The molecule has 2 unspecified atom stereocenters. The molecule has 1 heterocycles. The van der Waals surface area contributed by atoms with Gasteiger partial charge in [0, 0.05) is 13.2 Å². The molecular formula is C8H14F3NO. The molecule has 78 valence electrons. The van der Waals surface area contributed by atoms with E-state index >= 15 is 0 Å². The molecular weight excluding hydrogens is 183 g/mol. The van der Waals surface area contributed by atoms with Gasteiger partial charge in [0.05, 0.1) is 12.6 Å². The van der Waals surface area contributed by atoms with Crippen LogP contribution in [-0.2, 0) is 4.74 Å². The molecule has 0 saturated carbocycles. The molecule has 2 atom stereocenters. The average molecular weight is 197 g/mol. The minimum absolute atomic E-state index is 0.0534. The van der Waals surface area contributed by atoms with Gasteiger partial charge in [-0.3, -0.25) is 0 Å². The van der Waals surface area contributed by atoms with E-state index in [1.54, 1.807) is 0 Å². The lowest BCUT2D eigenvalue weighted by molar-refractivity contribution is -0.125. The van der Waals surface area contributed by atoms with E-state index in [0.29, 0.717) is 19.1 Å². The van der Waals surface area contributed by atoms with Crippen molar-refractivity contribution in [1.82, 2.24) is 5.32 Å². The van der Waals surface area contributed by atoms with Gasteiger partial charge in [-0.15, -0.1) is 0 Å². The summed E-state index contributed by atoms with van der Waals surface area (Å²) in [5, 5.41) is 2.35. The van der Waals surface area contributed by atoms with Gasteiger partial charge in [0.15, 0.2) is 0 Å². The third kappa shape index (κ3) is 3.95. The molecule has 0 aliphatic carbocycles. The van der Waals surface area contributed by atoms with Gasteiger partial charge in [0.2, 0.25) is 0 Å². The van der Waals surface area contributed by atoms with E-state index in [9.17, 15) is 13.2 Å². The van der Waals surface area contributed by atoms with Gasteiger partial charge in [-0.05, 0) is 12.3 Å². The SMILES string of the molecule is CC1CCOC1CNCC(F)(F)F. The Morgan fingerprint density at radius 2 is 2.15 bits per heavy atom. The lowest BCUT2D eigenvalue weighted by atomic mass is 10.0. The van der Waals surface area contributed by atoms with Crippen molar-refractivity contribution in [2.75, 3.05) is 19.7 Å². The highest BCUT2D eigenvalue weighted by Crippen LogP contribution is 2.19. The first kappa shape index (κ1) is 10.8. The zero-order valence-corrected chi connectivity index (χ0v) is 7.53. The van der Waals surface area contributed by atoms with Crippen molar-refractivity contribution in [3.63, 3.8) is 0 Å². The van der Waals surface area contributed by atoms with E-state index in [-0.39, 0.29) is 6.10 Å². The van der Waals surface area contributed by atoms with E-state index < -0.39 is 12.7 Å². The molecule has 0 bridgehead atoms. The minimum Gasteiger partial charge on any atom is -0.377 e. The van der Waals surface area contributed by atoms with Crippen LogP contribution in [0.25, 0.3) is 0 Å². The third-order valence-electron chi connectivity index (χ3n) is 2.21.